The lowest BCUT2D eigenvalue weighted by Gasteiger charge is -2.26. The Morgan fingerprint density at radius 3 is 2.87 bits per heavy atom. The number of morpholine rings is 1. The van der Waals surface area contributed by atoms with E-state index in [1.165, 1.54) is 11.3 Å². The maximum Gasteiger partial charge on any atom is 0.229 e. The van der Waals surface area contributed by atoms with Gasteiger partial charge in [-0.05, 0) is 12.1 Å². The van der Waals surface area contributed by atoms with E-state index in [2.05, 4.69) is 16.0 Å². The minimum Gasteiger partial charge on any atom is -0.378 e. The summed E-state index contributed by atoms with van der Waals surface area (Å²) in [5.74, 6) is 0.124. The third kappa shape index (κ3) is 3.12. The van der Waals surface area contributed by atoms with Crippen molar-refractivity contribution in [3.63, 3.8) is 0 Å². The van der Waals surface area contributed by atoms with E-state index in [4.69, 9.17) is 4.74 Å². The molecule has 0 unspecified atom stereocenters. The molecule has 23 heavy (non-hydrogen) atoms. The summed E-state index contributed by atoms with van der Waals surface area (Å²) in [7, 11) is 0. The first-order valence-electron chi connectivity index (χ1n) is 7.45. The summed E-state index contributed by atoms with van der Waals surface area (Å²) in [5, 5.41) is 3.74. The molecule has 1 amide bonds. The maximum atomic E-state index is 12.3. The number of nitrogens with zero attached hydrogens (tertiary/aromatic N) is 3. The van der Waals surface area contributed by atoms with Crippen molar-refractivity contribution in [2.24, 2.45) is 0 Å². The highest BCUT2D eigenvalue weighted by atomic mass is 32.1. The van der Waals surface area contributed by atoms with Gasteiger partial charge >= 0.3 is 0 Å². The molecule has 0 aliphatic carbocycles. The summed E-state index contributed by atoms with van der Waals surface area (Å²) >= 11 is 3.16. The lowest BCUT2D eigenvalue weighted by atomic mass is 10.3. The van der Waals surface area contributed by atoms with Gasteiger partial charge in [0.05, 0.1) is 29.9 Å². The number of amides is 1. The highest BCUT2D eigenvalue weighted by molar-refractivity contribution is 7.21. The van der Waals surface area contributed by atoms with Crippen LogP contribution in [0.3, 0.4) is 0 Å². The van der Waals surface area contributed by atoms with Crippen LogP contribution in [0.15, 0.2) is 29.6 Å². The number of hydrogen-bond donors (Lipinski definition) is 0. The SMILES string of the molecule is O=C(Cc1nc(-c2nc3ccccc3s2)cs1)N1CCOCC1. The van der Waals surface area contributed by atoms with Gasteiger partial charge in [-0.1, -0.05) is 12.1 Å². The van der Waals surface area contributed by atoms with Crippen LogP contribution in [-0.4, -0.2) is 47.1 Å². The smallest absolute Gasteiger partial charge is 0.229 e. The van der Waals surface area contributed by atoms with Crippen LogP contribution in [0.1, 0.15) is 5.01 Å². The van der Waals surface area contributed by atoms with E-state index in [9.17, 15) is 4.79 Å². The number of thiazole rings is 2. The zero-order chi connectivity index (χ0) is 15.6. The number of para-hydroxylation sites is 1. The van der Waals surface area contributed by atoms with Crippen molar-refractivity contribution in [1.29, 1.82) is 0 Å². The fourth-order valence-electron chi connectivity index (χ4n) is 2.53. The molecule has 0 saturated carbocycles. The summed E-state index contributed by atoms with van der Waals surface area (Å²) in [5.41, 5.74) is 1.85. The number of aromatic nitrogens is 2. The van der Waals surface area contributed by atoms with Crippen molar-refractivity contribution >= 4 is 38.8 Å². The lowest BCUT2D eigenvalue weighted by Crippen LogP contribution is -2.41. The Balaban J connectivity index is 1.51. The quantitative estimate of drug-likeness (QED) is 0.732. The van der Waals surface area contributed by atoms with Crippen LogP contribution < -0.4 is 0 Å². The van der Waals surface area contributed by atoms with Gasteiger partial charge in [0, 0.05) is 18.5 Å². The van der Waals surface area contributed by atoms with Gasteiger partial charge in [-0.15, -0.1) is 22.7 Å². The molecular formula is C16H15N3O2S2. The minimum atomic E-state index is 0.124. The molecule has 0 N–H and O–H groups in total. The fraction of sp³-hybridized carbons (Fsp3) is 0.312. The van der Waals surface area contributed by atoms with E-state index in [1.807, 2.05) is 28.5 Å². The molecule has 1 fully saturated rings. The molecule has 1 aromatic carbocycles. The second-order valence-corrected chi connectivity index (χ2v) is 7.26. The van der Waals surface area contributed by atoms with Gasteiger partial charge in [-0.25, -0.2) is 9.97 Å². The zero-order valence-corrected chi connectivity index (χ0v) is 14.0. The molecule has 7 heteroatoms. The van der Waals surface area contributed by atoms with Crippen molar-refractivity contribution < 1.29 is 9.53 Å². The molecule has 0 spiro atoms. The molecule has 118 valence electrons. The van der Waals surface area contributed by atoms with Crippen molar-refractivity contribution in [1.82, 2.24) is 14.9 Å². The molecule has 0 atom stereocenters. The topological polar surface area (TPSA) is 55.3 Å². The monoisotopic (exact) mass is 345 g/mol. The normalized spacial score (nSPS) is 15.2. The van der Waals surface area contributed by atoms with Crippen LogP contribution in [0, 0.1) is 0 Å². The first kappa shape index (κ1) is 14.7. The first-order chi connectivity index (χ1) is 11.3. The molecule has 5 nitrogen and oxygen atoms in total. The molecule has 1 aliphatic rings. The first-order valence-corrected chi connectivity index (χ1v) is 9.15. The molecule has 0 radical (unpaired) electrons. The molecule has 3 heterocycles. The van der Waals surface area contributed by atoms with Gasteiger partial charge in [0.25, 0.3) is 0 Å². The van der Waals surface area contributed by atoms with E-state index >= 15 is 0 Å². The molecule has 1 aliphatic heterocycles. The zero-order valence-electron chi connectivity index (χ0n) is 12.4. The van der Waals surface area contributed by atoms with Crippen LogP contribution >= 0.6 is 22.7 Å². The van der Waals surface area contributed by atoms with Gasteiger partial charge in [0.2, 0.25) is 5.91 Å². The third-order valence-corrected chi connectivity index (χ3v) is 5.64. The minimum absolute atomic E-state index is 0.124. The van der Waals surface area contributed by atoms with Crippen molar-refractivity contribution in [3.05, 3.63) is 34.7 Å². The van der Waals surface area contributed by atoms with Crippen molar-refractivity contribution in [2.75, 3.05) is 26.3 Å². The van der Waals surface area contributed by atoms with Crippen molar-refractivity contribution in [3.8, 4) is 10.7 Å². The van der Waals surface area contributed by atoms with Crippen LogP contribution in [-0.2, 0) is 16.0 Å². The van der Waals surface area contributed by atoms with Crippen LogP contribution in [0.25, 0.3) is 20.9 Å². The standard InChI is InChI=1S/C16H15N3O2S2/c20-15(19-5-7-21-8-6-19)9-14-17-12(10-22-14)16-18-11-3-1-2-4-13(11)23-16/h1-4,10H,5-9H2. The Morgan fingerprint density at radius 1 is 1.22 bits per heavy atom. The number of rotatable bonds is 3. The van der Waals surface area contributed by atoms with Crippen LogP contribution in [0.4, 0.5) is 0 Å². The van der Waals surface area contributed by atoms with Gasteiger partial charge in [0.1, 0.15) is 15.7 Å². The average molecular weight is 345 g/mol. The van der Waals surface area contributed by atoms with Gasteiger partial charge in [0.15, 0.2) is 0 Å². The highest BCUT2D eigenvalue weighted by Gasteiger charge is 2.19. The Kier molecular flexibility index (Phi) is 4.07. The summed E-state index contributed by atoms with van der Waals surface area (Å²) in [6.45, 7) is 2.60. The Labute approximate surface area is 141 Å². The summed E-state index contributed by atoms with van der Waals surface area (Å²) in [6.07, 6.45) is 0.357. The number of fused-ring (bicyclic) bond motifs is 1. The van der Waals surface area contributed by atoms with Gasteiger partial charge in [-0.3, -0.25) is 4.79 Å². The highest BCUT2D eigenvalue weighted by Crippen LogP contribution is 2.30. The predicted octanol–water partition coefficient (Wildman–Crippen LogP) is 2.82. The lowest BCUT2D eigenvalue weighted by molar-refractivity contribution is -0.134. The molecular weight excluding hydrogens is 330 g/mol. The van der Waals surface area contributed by atoms with Gasteiger partial charge < -0.3 is 9.64 Å². The van der Waals surface area contributed by atoms with Crippen LogP contribution in [0.5, 0.6) is 0 Å². The number of hydrogen-bond acceptors (Lipinski definition) is 6. The van der Waals surface area contributed by atoms with Crippen molar-refractivity contribution in [2.45, 2.75) is 6.42 Å². The molecule has 1 saturated heterocycles. The summed E-state index contributed by atoms with van der Waals surface area (Å²) in [4.78, 5) is 23.3. The number of carbonyl (C=O) groups is 1. The summed E-state index contributed by atoms with van der Waals surface area (Å²) < 4.78 is 6.43. The molecule has 4 rings (SSSR count). The fourth-order valence-corrected chi connectivity index (χ4v) is 4.30. The Morgan fingerprint density at radius 2 is 2.04 bits per heavy atom. The Bertz CT molecular complexity index is 804. The Hall–Kier alpha value is -1.83. The van der Waals surface area contributed by atoms with E-state index < -0.39 is 0 Å². The molecule has 2 aromatic heterocycles. The van der Waals surface area contributed by atoms with E-state index in [1.54, 1.807) is 11.3 Å². The number of carbonyl (C=O) groups excluding carboxylic acids is 1. The molecule has 3 aromatic rings. The van der Waals surface area contributed by atoms with E-state index in [-0.39, 0.29) is 5.91 Å². The number of benzene rings is 1. The number of ether oxygens (including phenoxy) is 1. The second-order valence-electron chi connectivity index (χ2n) is 5.28. The average Bonchev–Trinajstić information content (AvgIpc) is 3.21. The molecule has 0 bridgehead atoms. The van der Waals surface area contributed by atoms with E-state index in [0.717, 1.165) is 25.9 Å². The van der Waals surface area contributed by atoms with Gasteiger partial charge in [-0.2, -0.15) is 0 Å². The van der Waals surface area contributed by atoms with Crippen LogP contribution in [0.2, 0.25) is 0 Å². The predicted molar refractivity (Wildman–Crippen MR) is 91.8 cm³/mol. The van der Waals surface area contributed by atoms with E-state index in [0.29, 0.717) is 32.7 Å². The summed E-state index contributed by atoms with van der Waals surface area (Å²) in [6, 6.07) is 8.06. The maximum absolute atomic E-state index is 12.3. The third-order valence-electron chi connectivity index (χ3n) is 3.73. The largest absolute Gasteiger partial charge is 0.378 e. The second kappa shape index (κ2) is 6.35.